The third-order valence-corrected chi connectivity index (χ3v) is 3.07. The molecule has 0 fully saturated rings. The molecule has 0 bridgehead atoms. The van der Waals surface area contributed by atoms with Crippen LogP contribution in [0.1, 0.15) is 22.8 Å². The highest BCUT2D eigenvalue weighted by Crippen LogP contribution is 2.17. The maximum Gasteiger partial charge on any atom is 0.257 e. The van der Waals surface area contributed by atoms with Gasteiger partial charge >= 0.3 is 0 Å². The van der Waals surface area contributed by atoms with Crippen molar-refractivity contribution in [2.45, 2.75) is 13.5 Å². The number of phenolic OH excluding ortho intramolecular Hbond substituents is 1. The number of nitrogens with zero attached hydrogens (tertiary/aromatic N) is 1. The van der Waals surface area contributed by atoms with Crippen molar-refractivity contribution >= 4 is 5.91 Å². The van der Waals surface area contributed by atoms with Gasteiger partial charge in [-0.1, -0.05) is 30.3 Å². The maximum absolute atomic E-state index is 13.7. The van der Waals surface area contributed by atoms with E-state index >= 15 is 0 Å². The minimum Gasteiger partial charge on any atom is -0.508 e. The quantitative estimate of drug-likeness (QED) is 0.929. The molecule has 0 spiro atoms. The summed E-state index contributed by atoms with van der Waals surface area (Å²) < 4.78 is 13.7. The Hall–Kier alpha value is -2.36. The van der Waals surface area contributed by atoms with Gasteiger partial charge in [0.15, 0.2) is 0 Å². The highest BCUT2D eigenvalue weighted by Gasteiger charge is 2.18. The first-order valence-corrected chi connectivity index (χ1v) is 6.43. The van der Waals surface area contributed by atoms with Crippen LogP contribution >= 0.6 is 0 Å². The van der Waals surface area contributed by atoms with Crippen molar-refractivity contribution in [3.63, 3.8) is 0 Å². The molecular formula is C16H16FNO2. The van der Waals surface area contributed by atoms with Crippen molar-refractivity contribution in [2.24, 2.45) is 0 Å². The minimum absolute atomic E-state index is 0.0272. The van der Waals surface area contributed by atoms with E-state index in [0.29, 0.717) is 13.1 Å². The molecule has 20 heavy (non-hydrogen) atoms. The number of carbonyl (C=O) groups is 1. The molecule has 0 aliphatic rings. The minimum atomic E-state index is -0.707. The van der Waals surface area contributed by atoms with Crippen LogP contribution in [-0.2, 0) is 6.54 Å². The molecule has 0 radical (unpaired) electrons. The third-order valence-electron chi connectivity index (χ3n) is 3.07. The fraction of sp³-hybridized carbons (Fsp3) is 0.188. The lowest BCUT2D eigenvalue weighted by Gasteiger charge is -2.21. The summed E-state index contributed by atoms with van der Waals surface area (Å²) in [6, 6.07) is 13.1. The first-order chi connectivity index (χ1) is 9.61. The molecule has 0 aliphatic heterocycles. The third kappa shape index (κ3) is 3.15. The second kappa shape index (κ2) is 6.19. The fourth-order valence-corrected chi connectivity index (χ4v) is 1.98. The van der Waals surface area contributed by atoms with Gasteiger partial charge in [0.1, 0.15) is 11.6 Å². The molecule has 0 atom stereocenters. The molecule has 2 aromatic rings. The number of amides is 1. The summed E-state index contributed by atoms with van der Waals surface area (Å²) >= 11 is 0. The van der Waals surface area contributed by atoms with Gasteiger partial charge < -0.3 is 10.0 Å². The summed E-state index contributed by atoms with van der Waals surface area (Å²) in [6.07, 6.45) is 0. The van der Waals surface area contributed by atoms with Gasteiger partial charge in [-0.25, -0.2) is 4.39 Å². The highest BCUT2D eigenvalue weighted by atomic mass is 19.1. The zero-order valence-corrected chi connectivity index (χ0v) is 11.2. The normalized spacial score (nSPS) is 10.3. The van der Waals surface area contributed by atoms with E-state index in [-0.39, 0.29) is 17.2 Å². The van der Waals surface area contributed by atoms with Crippen LogP contribution in [0.5, 0.6) is 5.75 Å². The van der Waals surface area contributed by atoms with E-state index in [9.17, 15) is 14.3 Å². The Kier molecular flexibility index (Phi) is 4.35. The van der Waals surface area contributed by atoms with Crippen LogP contribution < -0.4 is 0 Å². The van der Waals surface area contributed by atoms with E-state index in [1.807, 2.05) is 37.3 Å². The molecule has 4 heteroatoms. The monoisotopic (exact) mass is 273 g/mol. The number of hydrogen-bond acceptors (Lipinski definition) is 2. The van der Waals surface area contributed by atoms with Crippen LogP contribution in [0.15, 0.2) is 48.5 Å². The number of phenols is 1. The lowest BCUT2D eigenvalue weighted by Crippen LogP contribution is -2.30. The Morgan fingerprint density at radius 1 is 1.20 bits per heavy atom. The SMILES string of the molecule is CCN(Cc1ccccc1)C(=O)c1ccc(O)cc1F. The van der Waals surface area contributed by atoms with Crippen molar-refractivity contribution in [1.82, 2.24) is 4.90 Å². The molecule has 3 nitrogen and oxygen atoms in total. The van der Waals surface area contributed by atoms with Crippen LogP contribution in [0, 0.1) is 5.82 Å². The molecular weight excluding hydrogens is 257 g/mol. The molecule has 104 valence electrons. The van der Waals surface area contributed by atoms with Crippen LogP contribution in [0.4, 0.5) is 4.39 Å². The van der Waals surface area contributed by atoms with Gasteiger partial charge in [-0.05, 0) is 24.6 Å². The van der Waals surface area contributed by atoms with Crippen molar-refractivity contribution in [3.05, 3.63) is 65.5 Å². The summed E-state index contributed by atoms with van der Waals surface area (Å²) in [5, 5.41) is 9.19. The lowest BCUT2D eigenvalue weighted by molar-refractivity contribution is 0.0748. The van der Waals surface area contributed by atoms with Crippen LogP contribution in [0.2, 0.25) is 0 Å². The van der Waals surface area contributed by atoms with Crippen LogP contribution in [0.3, 0.4) is 0 Å². The van der Waals surface area contributed by atoms with Gasteiger partial charge in [0.25, 0.3) is 5.91 Å². The van der Waals surface area contributed by atoms with Crippen molar-refractivity contribution in [1.29, 1.82) is 0 Å². The number of benzene rings is 2. The van der Waals surface area contributed by atoms with Gasteiger partial charge in [-0.15, -0.1) is 0 Å². The Balaban J connectivity index is 2.21. The molecule has 0 heterocycles. The van der Waals surface area contributed by atoms with Crippen LogP contribution in [-0.4, -0.2) is 22.5 Å². The maximum atomic E-state index is 13.7. The smallest absolute Gasteiger partial charge is 0.257 e. The summed E-state index contributed by atoms with van der Waals surface area (Å²) in [5.41, 5.74) is 0.961. The average Bonchev–Trinajstić information content (AvgIpc) is 2.45. The molecule has 0 unspecified atom stereocenters. The van der Waals surface area contributed by atoms with Gasteiger partial charge in [0.05, 0.1) is 5.56 Å². The van der Waals surface area contributed by atoms with Crippen molar-refractivity contribution in [3.8, 4) is 5.75 Å². The van der Waals surface area contributed by atoms with Gasteiger partial charge in [0, 0.05) is 19.2 Å². The molecule has 1 N–H and O–H groups in total. The second-order valence-corrected chi connectivity index (χ2v) is 4.47. The van der Waals surface area contributed by atoms with Crippen molar-refractivity contribution in [2.75, 3.05) is 6.54 Å². The number of halogens is 1. The van der Waals surface area contributed by atoms with E-state index in [2.05, 4.69) is 0 Å². The standard InChI is InChI=1S/C16H16FNO2/c1-2-18(11-12-6-4-3-5-7-12)16(20)14-9-8-13(19)10-15(14)17/h3-10,19H,2,11H2,1H3. The zero-order valence-electron chi connectivity index (χ0n) is 11.2. The first-order valence-electron chi connectivity index (χ1n) is 6.43. The lowest BCUT2D eigenvalue weighted by atomic mass is 10.1. The molecule has 0 aromatic heterocycles. The van der Waals surface area contributed by atoms with E-state index in [4.69, 9.17) is 0 Å². The van der Waals surface area contributed by atoms with E-state index < -0.39 is 5.82 Å². The Morgan fingerprint density at radius 2 is 1.90 bits per heavy atom. The number of hydrogen-bond donors (Lipinski definition) is 1. The Labute approximate surface area is 117 Å². The fourth-order valence-electron chi connectivity index (χ4n) is 1.98. The molecule has 0 aliphatic carbocycles. The molecule has 0 saturated carbocycles. The Morgan fingerprint density at radius 3 is 2.50 bits per heavy atom. The van der Waals surface area contributed by atoms with E-state index in [1.165, 1.54) is 12.1 Å². The molecule has 2 aromatic carbocycles. The summed E-state index contributed by atoms with van der Waals surface area (Å²) in [5.74, 6) is -1.28. The summed E-state index contributed by atoms with van der Waals surface area (Å²) in [6.45, 7) is 2.75. The topological polar surface area (TPSA) is 40.5 Å². The Bertz CT molecular complexity index is 599. The predicted molar refractivity (Wildman–Crippen MR) is 74.9 cm³/mol. The predicted octanol–water partition coefficient (Wildman–Crippen LogP) is 3.19. The highest BCUT2D eigenvalue weighted by molar-refractivity contribution is 5.94. The van der Waals surface area contributed by atoms with Gasteiger partial charge in [-0.2, -0.15) is 0 Å². The van der Waals surface area contributed by atoms with E-state index in [0.717, 1.165) is 11.6 Å². The summed E-state index contributed by atoms with van der Waals surface area (Å²) in [7, 11) is 0. The number of aromatic hydroxyl groups is 1. The molecule has 1 amide bonds. The second-order valence-electron chi connectivity index (χ2n) is 4.47. The first kappa shape index (κ1) is 14.1. The zero-order chi connectivity index (χ0) is 14.5. The largest absolute Gasteiger partial charge is 0.508 e. The van der Waals surface area contributed by atoms with E-state index in [1.54, 1.807) is 4.90 Å². The average molecular weight is 273 g/mol. The number of rotatable bonds is 4. The van der Waals surface area contributed by atoms with Crippen LogP contribution in [0.25, 0.3) is 0 Å². The summed E-state index contributed by atoms with van der Waals surface area (Å²) in [4.78, 5) is 13.9. The van der Waals surface area contributed by atoms with Crippen molar-refractivity contribution < 1.29 is 14.3 Å². The van der Waals surface area contributed by atoms with Gasteiger partial charge in [-0.3, -0.25) is 4.79 Å². The van der Waals surface area contributed by atoms with Gasteiger partial charge in [0.2, 0.25) is 0 Å². The number of carbonyl (C=O) groups excluding carboxylic acids is 1. The molecule has 2 rings (SSSR count). The molecule has 0 saturated heterocycles.